The number of pyridine rings is 1. The minimum Gasteiger partial charge on any atom is -0.495 e. The fourth-order valence-electron chi connectivity index (χ4n) is 5.69. The first-order valence-corrected chi connectivity index (χ1v) is 14.7. The largest absolute Gasteiger partial charge is 0.495 e. The molecule has 0 saturated carbocycles. The van der Waals surface area contributed by atoms with Crippen LogP contribution in [0.2, 0.25) is 5.02 Å². The van der Waals surface area contributed by atoms with Crippen LogP contribution in [0.1, 0.15) is 17.7 Å². The highest BCUT2D eigenvalue weighted by atomic mass is 35.5. The van der Waals surface area contributed by atoms with Crippen LogP contribution in [0.3, 0.4) is 0 Å². The van der Waals surface area contributed by atoms with E-state index in [1.807, 2.05) is 45.7 Å². The number of nitrogens with zero attached hydrogens (tertiary/aromatic N) is 4. The maximum Gasteiger partial charge on any atom is 0.416 e. The van der Waals surface area contributed by atoms with Gasteiger partial charge in [-0.2, -0.15) is 13.2 Å². The molecule has 3 aromatic carbocycles. The van der Waals surface area contributed by atoms with Crippen molar-refractivity contribution >= 4 is 28.8 Å². The van der Waals surface area contributed by atoms with E-state index < -0.39 is 11.7 Å². The molecule has 1 amide bonds. The lowest BCUT2D eigenvalue weighted by Gasteiger charge is -2.36. The summed E-state index contributed by atoms with van der Waals surface area (Å²) in [5.74, 6) is 0.842. The number of piperazine rings is 1. The molecule has 1 saturated heterocycles. The van der Waals surface area contributed by atoms with E-state index in [9.17, 15) is 18.0 Å². The normalized spacial score (nSPS) is 13.8. The van der Waals surface area contributed by atoms with Crippen molar-refractivity contribution in [1.82, 2.24) is 14.3 Å². The monoisotopic (exact) mass is 618 g/mol. The topological polar surface area (TPSA) is 50.1 Å². The van der Waals surface area contributed by atoms with Crippen LogP contribution in [0.4, 0.5) is 18.9 Å². The van der Waals surface area contributed by atoms with Gasteiger partial charge in [-0.25, -0.2) is 4.98 Å². The third-order valence-corrected chi connectivity index (χ3v) is 8.24. The molecule has 0 unspecified atom stereocenters. The van der Waals surface area contributed by atoms with E-state index in [0.29, 0.717) is 60.1 Å². The van der Waals surface area contributed by atoms with Crippen molar-refractivity contribution < 1.29 is 22.7 Å². The molecule has 2 aromatic heterocycles. The summed E-state index contributed by atoms with van der Waals surface area (Å²) in [5.41, 5.74) is 4.34. The third-order valence-electron chi connectivity index (χ3n) is 7.99. The standard InChI is InChI=1S/C34H30ClF3N4O2/c1-44-30-8-3-2-7-28(30)40-17-19-41(20-18-40)32(43)16-14-29-33(23-9-12-27(35)13-10-23)39-31-15-11-25(22-42(29)31)24-5-4-6-26(21-24)34(36,37)38/h2-13,15,21-22H,14,16-20H2,1H3. The first kappa shape index (κ1) is 29.6. The van der Waals surface area contributed by atoms with Crippen LogP contribution >= 0.6 is 11.6 Å². The molecule has 0 bridgehead atoms. The molecule has 226 valence electrons. The molecule has 0 N–H and O–H groups in total. The number of fused-ring (bicyclic) bond motifs is 1. The average Bonchev–Trinajstić information content (AvgIpc) is 3.41. The molecule has 1 aliphatic rings. The fraction of sp³-hybridized carbons (Fsp3) is 0.235. The summed E-state index contributed by atoms with van der Waals surface area (Å²) in [6.07, 6.45) is -1.99. The van der Waals surface area contributed by atoms with Gasteiger partial charge in [0, 0.05) is 49.4 Å². The summed E-state index contributed by atoms with van der Waals surface area (Å²) in [6, 6.07) is 24.0. The minimum atomic E-state index is -4.44. The Balaban J connectivity index is 1.26. The number of para-hydroxylation sites is 2. The predicted octanol–water partition coefficient (Wildman–Crippen LogP) is 7.63. The quantitative estimate of drug-likeness (QED) is 0.188. The number of aryl methyl sites for hydroxylation is 1. The lowest BCUT2D eigenvalue weighted by atomic mass is 10.0. The van der Waals surface area contributed by atoms with Gasteiger partial charge in [0.25, 0.3) is 0 Å². The van der Waals surface area contributed by atoms with Gasteiger partial charge in [0.2, 0.25) is 5.91 Å². The first-order valence-electron chi connectivity index (χ1n) is 14.3. The number of methoxy groups -OCH3 is 1. The fourth-order valence-corrected chi connectivity index (χ4v) is 5.81. The number of carbonyl (C=O) groups excluding carboxylic acids is 1. The zero-order valence-corrected chi connectivity index (χ0v) is 24.8. The Morgan fingerprint density at radius 2 is 1.61 bits per heavy atom. The van der Waals surface area contributed by atoms with E-state index in [4.69, 9.17) is 21.3 Å². The maximum atomic E-state index is 13.4. The molecule has 0 aliphatic carbocycles. The van der Waals surface area contributed by atoms with Gasteiger partial charge in [0.15, 0.2) is 0 Å². The molecule has 0 spiro atoms. The van der Waals surface area contributed by atoms with Crippen LogP contribution in [0, 0.1) is 0 Å². The van der Waals surface area contributed by atoms with Gasteiger partial charge in [0.1, 0.15) is 11.4 Å². The number of hydrogen-bond acceptors (Lipinski definition) is 4. The molecule has 0 radical (unpaired) electrons. The summed E-state index contributed by atoms with van der Waals surface area (Å²) < 4.78 is 47.7. The zero-order chi connectivity index (χ0) is 30.8. The number of benzene rings is 3. The molecule has 10 heteroatoms. The first-order chi connectivity index (χ1) is 21.2. The zero-order valence-electron chi connectivity index (χ0n) is 24.0. The van der Waals surface area contributed by atoms with Crippen molar-refractivity contribution in [3.63, 3.8) is 0 Å². The Labute approximate surface area is 258 Å². The van der Waals surface area contributed by atoms with Gasteiger partial charge in [-0.15, -0.1) is 0 Å². The van der Waals surface area contributed by atoms with Crippen molar-refractivity contribution in [3.8, 4) is 28.1 Å². The van der Waals surface area contributed by atoms with Gasteiger partial charge >= 0.3 is 6.18 Å². The van der Waals surface area contributed by atoms with E-state index in [1.54, 1.807) is 43.6 Å². The lowest BCUT2D eigenvalue weighted by molar-refractivity contribution is -0.137. The molecule has 6 rings (SSSR count). The van der Waals surface area contributed by atoms with Crippen LogP contribution in [-0.4, -0.2) is 53.5 Å². The number of hydrogen-bond donors (Lipinski definition) is 0. The molecule has 44 heavy (non-hydrogen) atoms. The number of alkyl halides is 3. The molecule has 1 aliphatic heterocycles. The summed E-state index contributed by atoms with van der Waals surface area (Å²) >= 11 is 6.14. The van der Waals surface area contributed by atoms with Crippen LogP contribution < -0.4 is 9.64 Å². The molecule has 6 nitrogen and oxygen atoms in total. The SMILES string of the molecule is COc1ccccc1N1CCN(C(=O)CCc2c(-c3ccc(Cl)cc3)nc3ccc(-c4cccc(C(F)(F)F)c4)cn23)CC1. The molecule has 3 heterocycles. The number of halogens is 4. The predicted molar refractivity (Wildman–Crippen MR) is 166 cm³/mol. The van der Waals surface area contributed by atoms with Crippen molar-refractivity contribution in [2.75, 3.05) is 38.2 Å². The Kier molecular flexibility index (Phi) is 8.23. The second-order valence-electron chi connectivity index (χ2n) is 10.7. The number of carbonyl (C=O) groups is 1. The van der Waals surface area contributed by atoms with Crippen molar-refractivity contribution in [1.29, 1.82) is 0 Å². The van der Waals surface area contributed by atoms with E-state index in [0.717, 1.165) is 34.8 Å². The van der Waals surface area contributed by atoms with Crippen molar-refractivity contribution in [3.05, 3.63) is 107 Å². The van der Waals surface area contributed by atoms with Gasteiger partial charge in [-0.1, -0.05) is 48.0 Å². The van der Waals surface area contributed by atoms with Crippen LogP contribution in [0.5, 0.6) is 5.75 Å². The summed E-state index contributed by atoms with van der Waals surface area (Å²) in [6.45, 7) is 2.57. The summed E-state index contributed by atoms with van der Waals surface area (Å²) in [4.78, 5) is 22.4. The minimum absolute atomic E-state index is 0.0377. The van der Waals surface area contributed by atoms with E-state index in [-0.39, 0.29) is 12.3 Å². The highest BCUT2D eigenvalue weighted by molar-refractivity contribution is 6.30. The van der Waals surface area contributed by atoms with Crippen LogP contribution in [0.25, 0.3) is 28.0 Å². The maximum absolute atomic E-state index is 13.4. The molecule has 5 aromatic rings. The number of anilines is 1. The van der Waals surface area contributed by atoms with Gasteiger partial charge in [-0.3, -0.25) is 4.79 Å². The number of imidazole rings is 1. The summed E-state index contributed by atoms with van der Waals surface area (Å²) in [5, 5.41) is 0.591. The lowest BCUT2D eigenvalue weighted by Crippen LogP contribution is -2.49. The highest BCUT2D eigenvalue weighted by Crippen LogP contribution is 2.34. The number of ether oxygens (including phenoxy) is 1. The Morgan fingerprint density at radius 3 is 2.34 bits per heavy atom. The molecule has 1 fully saturated rings. The van der Waals surface area contributed by atoms with Crippen LogP contribution in [0.15, 0.2) is 91.1 Å². The van der Waals surface area contributed by atoms with Crippen molar-refractivity contribution in [2.45, 2.75) is 19.0 Å². The Hall–Kier alpha value is -4.50. The third kappa shape index (κ3) is 6.10. The molecular formula is C34H30ClF3N4O2. The van der Waals surface area contributed by atoms with E-state index >= 15 is 0 Å². The number of rotatable bonds is 7. The van der Waals surface area contributed by atoms with Crippen LogP contribution in [-0.2, 0) is 17.4 Å². The summed E-state index contributed by atoms with van der Waals surface area (Å²) in [7, 11) is 1.65. The van der Waals surface area contributed by atoms with Crippen molar-refractivity contribution in [2.24, 2.45) is 0 Å². The van der Waals surface area contributed by atoms with Gasteiger partial charge < -0.3 is 18.9 Å². The second kappa shape index (κ2) is 12.2. The number of aromatic nitrogens is 2. The Morgan fingerprint density at radius 1 is 0.886 bits per heavy atom. The number of amides is 1. The van der Waals surface area contributed by atoms with E-state index in [2.05, 4.69) is 4.90 Å². The van der Waals surface area contributed by atoms with Gasteiger partial charge in [0.05, 0.1) is 29.7 Å². The second-order valence-corrected chi connectivity index (χ2v) is 11.1. The molecule has 0 atom stereocenters. The van der Waals surface area contributed by atoms with Gasteiger partial charge in [-0.05, 0) is 66.1 Å². The molecular weight excluding hydrogens is 589 g/mol. The Bertz CT molecular complexity index is 1800. The smallest absolute Gasteiger partial charge is 0.416 e. The highest BCUT2D eigenvalue weighted by Gasteiger charge is 2.30. The van der Waals surface area contributed by atoms with E-state index in [1.165, 1.54) is 6.07 Å². The average molecular weight is 619 g/mol.